The topological polar surface area (TPSA) is 24.5 Å². The van der Waals surface area contributed by atoms with Crippen molar-refractivity contribution in [3.8, 4) is 0 Å². The highest BCUT2D eigenvalue weighted by atomic mass is 16.5. The van der Waals surface area contributed by atoms with Crippen molar-refractivity contribution in [2.75, 3.05) is 32.8 Å². The summed E-state index contributed by atoms with van der Waals surface area (Å²) in [6.07, 6.45) is 4.46. The largest absolute Gasteiger partial charge is 0.376 e. The van der Waals surface area contributed by atoms with Gasteiger partial charge < -0.3 is 10.1 Å². The van der Waals surface area contributed by atoms with Gasteiger partial charge in [0, 0.05) is 25.7 Å². The summed E-state index contributed by atoms with van der Waals surface area (Å²) in [5.74, 6) is 0.800. The summed E-state index contributed by atoms with van der Waals surface area (Å²) in [6, 6.07) is 0.719. The number of hydrogen-bond acceptors (Lipinski definition) is 3. The third-order valence-corrected chi connectivity index (χ3v) is 4.80. The minimum absolute atomic E-state index is 0.405. The van der Waals surface area contributed by atoms with Crippen molar-refractivity contribution in [3.63, 3.8) is 0 Å². The summed E-state index contributed by atoms with van der Waals surface area (Å²) in [7, 11) is 0. The van der Waals surface area contributed by atoms with Crippen LogP contribution in [0.5, 0.6) is 0 Å². The molecule has 1 aliphatic heterocycles. The predicted molar refractivity (Wildman–Crippen MR) is 80.4 cm³/mol. The van der Waals surface area contributed by atoms with Crippen molar-refractivity contribution in [1.29, 1.82) is 0 Å². The lowest BCUT2D eigenvalue weighted by molar-refractivity contribution is -0.0303. The molecule has 0 aromatic heterocycles. The first-order valence-corrected chi connectivity index (χ1v) is 8.07. The molecule has 2 rings (SSSR count). The van der Waals surface area contributed by atoms with Crippen molar-refractivity contribution in [2.24, 2.45) is 11.3 Å². The maximum atomic E-state index is 5.66. The van der Waals surface area contributed by atoms with Gasteiger partial charge in [0.25, 0.3) is 0 Å². The van der Waals surface area contributed by atoms with Crippen LogP contribution in [-0.4, -0.2) is 49.8 Å². The van der Waals surface area contributed by atoms with Crippen LogP contribution in [0.25, 0.3) is 0 Å². The number of hydrogen-bond donors (Lipinski definition) is 1. The zero-order valence-electron chi connectivity index (χ0n) is 13.2. The van der Waals surface area contributed by atoms with Crippen molar-refractivity contribution >= 4 is 0 Å². The third-order valence-electron chi connectivity index (χ3n) is 4.80. The maximum absolute atomic E-state index is 5.66. The molecule has 3 atom stereocenters. The maximum Gasteiger partial charge on any atom is 0.0674 e. The first-order chi connectivity index (χ1) is 9.00. The van der Waals surface area contributed by atoms with Crippen LogP contribution in [0.4, 0.5) is 0 Å². The highest BCUT2D eigenvalue weighted by Gasteiger charge is 2.35. The molecule has 0 amide bonds. The summed E-state index contributed by atoms with van der Waals surface area (Å²) in [6.45, 7) is 14.8. The van der Waals surface area contributed by atoms with E-state index >= 15 is 0 Å². The second kappa shape index (κ2) is 6.55. The molecule has 2 aliphatic rings. The van der Waals surface area contributed by atoms with Gasteiger partial charge in [-0.3, -0.25) is 4.90 Å². The zero-order valence-corrected chi connectivity index (χ0v) is 13.2. The van der Waals surface area contributed by atoms with E-state index in [0.717, 1.165) is 38.2 Å². The second-order valence-electron chi connectivity index (χ2n) is 7.27. The van der Waals surface area contributed by atoms with E-state index in [9.17, 15) is 0 Å². The molecule has 3 unspecified atom stereocenters. The van der Waals surface area contributed by atoms with Crippen LogP contribution < -0.4 is 5.32 Å². The number of ether oxygens (including phenoxy) is 1. The number of rotatable bonds is 4. The summed E-state index contributed by atoms with van der Waals surface area (Å²) < 4.78 is 5.66. The van der Waals surface area contributed by atoms with Gasteiger partial charge in [0.1, 0.15) is 0 Å². The third kappa shape index (κ3) is 4.44. The van der Waals surface area contributed by atoms with Crippen molar-refractivity contribution < 1.29 is 4.74 Å². The van der Waals surface area contributed by atoms with Gasteiger partial charge in [-0.1, -0.05) is 20.8 Å². The molecule has 1 saturated heterocycles. The van der Waals surface area contributed by atoms with Crippen LogP contribution in [0.3, 0.4) is 0 Å². The van der Waals surface area contributed by atoms with Gasteiger partial charge in [-0.2, -0.15) is 0 Å². The van der Waals surface area contributed by atoms with Crippen LogP contribution in [0.1, 0.15) is 47.0 Å². The van der Waals surface area contributed by atoms with Crippen LogP contribution in [0, 0.1) is 11.3 Å². The summed E-state index contributed by atoms with van der Waals surface area (Å²) in [5, 5.41) is 3.72. The Morgan fingerprint density at radius 1 is 1.37 bits per heavy atom. The lowest BCUT2D eigenvalue weighted by atomic mass is 9.69. The average molecular weight is 268 g/mol. The Morgan fingerprint density at radius 2 is 2.16 bits per heavy atom. The van der Waals surface area contributed by atoms with Crippen LogP contribution >= 0.6 is 0 Å². The van der Waals surface area contributed by atoms with Crippen molar-refractivity contribution in [2.45, 2.75) is 59.1 Å². The molecule has 0 bridgehead atoms. The van der Waals surface area contributed by atoms with Gasteiger partial charge in [0.05, 0.1) is 12.7 Å². The lowest BCUT2D eigenvalue weighted by Gasteiger charge is -2.44. The van der Waals surface area contributed by atoms with Gasteiger partial charge in [-0.15, -0.1) is 0 Å². The first kappa shape index (κ1) is 15.3. The molecule has 3 heteroatoms. The van der Waals surface area contributed by atoms with E-state index in [1.54, 1.807) is 0 Å². The first-order valence-electron chi connectivity index (χ1n) is 8.07. The molecule has 0 spiro atoms. The Morgan fingerprint density at radius 3 is 2.84 bits per heavy atom. The molecule has 1 N–H and O–H groups in total. The van der Waals surface area contributed by atoms with E-state index in [4.69, 9.17) is 4.74 Å². The smallest absolute Gasteiger partial charge is 0.0674 e. The Balaban J connectivity index is 1.92. The van der Waals surface area contributed by atoms with Gasteiger partial charge in [-0.05, 0) is 44.1 Å². The van der Waals surface area contributed by atoms with Crippen molar-refractivity contribution in [3.05, 3.63) is 0 Å². The molecule has 0 radical (unpaired) electrons. The van der Waals surface area contributed by atoms with Gasteiger partial charge in [-0.25, -0.2) is 0 Å². The van der Waals surface area contributed by atoms with E-state index in [1.165, 1.54) is 25.8 Å². The molecule has 19 heavy (non-hydrogen) atoms. The monoisotopic (exact) mass is 268 g/mol. The quantitative estimate of drug-likeness (QED) is 0.848. The van der Waals surface area contributed by atoms with Crippen LogP contribution in [0.2, 0.25) is 0 Å². The fraction of sp³-hybridized carbons (Fsp3) is 1.00. The average Bonchev–Trinajstić information content (AvgIpc) is 2.32. The highest BCUT2D eigenvalue weighted by molar-refractivity contribution is 4.90. The van der Waals surface area contributed by atoms with E-state index in [1.807, 2.05) is 0 Å². The van der Waals surface area contributed by atoms with E-state index in [2.05, 4.69) is 37.9 Å². The van der Waals surface area contributed by atoms with Crippen LogP contribution in [0.15, 0.2) is 0 Å². The summed E-state index contributed by atoms with van der Waals surface area (Å²) in [5.41, 5.74) is 0.522. The van der Waals surface area contributed by atoms with E-state index < -0.39 is 0 Å². The van der Waals surface area contributed by atoms with E-state index in [-0.39, 0.29) is 0 Å². The minimum atomic E-state index is 0.405. The SMILES string of the molecule is CCNC1CCC(C)(C)CC1CN1CCOC(C)C1. The molecule has 1 saturated carbocycles. The summed E-state index contributed by atoms with van der Waals surface area (Å²) in [4.78, 5) is 2.62. The number of nitrogens with zero attached hydrogens (tertiary/aromatic N) is 1. The Kier molecular flexibility index (Phi) is 5.27. The second-order valence-corrected chi connectivity index (χ2v) is 7.27. The van der Waals surface area contributed by atoms with E-state index in [0.29, 0.717) is 11.5 Å². The highest BCUT2D eigenvalue weighted by Crippen LogP contribution is 2.39. The number of nitrogens with one attached hydrogen (secondary N) is 1. The molecular formula is C16H32N2O. The Bertz CT molecular complexity index is 280. The molecule has 0 aromatic carbocycles. The fourth-order valence-corrected chi connectivity index (χ4v) is 3.85. The standard InChI is InChI=1S/C16H32N2O/c1-5-17-15-6-7-16(3,4)10-14(15)12-18-8-9-19-13(2)11-18/h13-15,17H,5-12H2,1-4H3. The Labute approximate surface area is 119 Å². The van der Waals surface area contributed by atoms with Gasteiger partial charge in [0.2, 0.25) is 0 Å². The zero-order chi connectivity index (χ0) is 13.9. The Hall–Kier alpha value is -0.120. The molecule has 1 aliphatic carbocycles. The van der Waals surface area contributed by atoms with Gasteiger partial charge >= 0.3 is 0 Å². The molecule has 2 fully saturated rings. The summed E-state index contributed by atoms with van der Waals surface area (Å²) >= 11 is 0. The number of morpholine rings is 1. The molecular weight excluding hydrogens is 236 g/mol. The normalized spacial score (nSPS) is 36.3. The fourth-order valence-electron chi connectivity index (χ4n) is 3.85. The molecule has 112 valence electrons. The lowest BCUT2D eigenvalue weighted by Crippen LogP contribution is -2.50. The molecule has 3 nitrogen and oxygen atoms in total. The van der Waals surface area contributed by atoms with Crippen LogP contribution in [-0.2, 0) is 4.74 Å². The predicted octanol–water partition coefficient (Wildman–Crippen LogP) is 2.51. The van der Waals surface area contributed by atoms with Gasteiger partial charge in [0.15, 0.2) is 0 Å². The van der Waals surface area contributed by atoms with Crippen molar-refractivity contribution in [1.82, 2.24) is 10.2 Å². The molecule has 0 aromatic rings. The molecule has 1 heterocycles. The minimum Gasteiger partial charge on any atom is -0.376 e.